The van der Waals surface area contributed by atoms with Crippen molar-refractivity contribution >= 4 is 17.9 Å². The number of carbonyl (C=O) groups is 2. The van der Waals surface area contributed by atoms with Gasteiger partial charge in [-0.3, -0.25) is 5.32 Å². The van der Waals surface area contributed by atoms with Crippen LogP contribution in [0.3, 0.4) is 0 Å². The van der Waals surface area contributed by atoms with Gasteiger partial charge in [0.1, 0.15) is 17.0 Å². The second kappa shape index (κ2) is 6.51. The van der Waals surface area contributed by atoms with Gasteiger partial charge < -0.3 is 19.7 Å². The molecule has 1 unspecified atom stereocenters. The lowest BCUT2D eigenvalue weighted by Crippen LogP contribution is -2.64. The molecule has 2 N–H and O–H groups in total. The normalized spacial score (nSPS) is 21.6. The lowest BCUT2D eigenvalue weighted by Gasteiger charge is -2.46. The fourth-order valence-corrected chi connectivity index (χ4v) is 3.04. The van der Waals surface area contributed by atoms with Gasteiger partial charge in [0.2, 0.25) is 0 Å². The van der Waals surface area contributed by atoms with Gasteiger partial charge in [-0.2, -0.15) is 0 Å². The lowest BCUT2D eigenvalue weighted by molar-refractivity contribution is -0.109. The van der Waals surface area contributed by atoms with Gasteiger partial charge in [0.15, 0.2) is 0 Å². The molecule has 3 amide bonds. The van der Waals surface area contributed by atoms with Crippen LogP contribution in [-0.4, -0.2) is 58.9 Å². The minimum Gasteiger partial charge on any atom is -0.444 e. The molecule has 0 bridgehead atoms. The molecule has 2 aliphatic rings. The van der Waals surface area contributed by atoms with E-state index in [1.165, 1.54) is 0 Å². The SMILES string of the molecule is CC(C)(C)OC(=O)N1CC2(CC(NC(=O)Nc3ccccn3)CO2)C1. The first kappa shape index (κ1) is 17.5. The maximum absolute atomic E-state index is 12.0. The molecule has 0 radical (unpaired) electrons. The highest BCUT2D eigenvalue weighted by molar-refractivity contribution is 5.88. The Balaban J connectivity index is 1.44. The average Bonchev–Trinajstić information content (AvgIpc) is 2.89. The Labute approximate surface area is 146 Å². The van der Waals surface area contributed by atoms with Crippen molar-refractivity contribution in [3.8, 4) is 0 Å². The molecule has 8 nitrogen and oxygen atoms in total. The minimum atomic E-state index is -0.510. The Bertz CT molecular complexity index is 638. The van der Waals surface area contributed by atoms with Gasteiger partial charge in [0.25, 0.3) is 0 Å². The predicted octanol–water partition coefficient (Wildman–Crippen LogP) is 1.98. The molecule has 3 rings (SSSR count). The molecule has 8 heteroatoms. The van der Waals surface area contributed by atoms with Gasteiger partial charge in [-0.1, -0.05) is 6.07 Å². The summed E-state index contributed by atoms with van der Waals surface area (Å²) in [6.45, 7) is 6.92. The average molecular weight is 348 g/mol. The monoisotopic (exact) mass is 348 g/mol. The van der Waals surface area contributed by atoms with E-state index >= 15 is 0 Å². The fraction of sp³-hybridized carbons (Fsp3) is 0.588. The van der Waals surface area contributed by atoms with E-state index in [1.807, 2.05) is 20.8 Å². The highest BCUT2D eigenvalue weighted by Gasteiger charge is 2.52. The molecule has 1 spiro atoms. The maximum Gasteiger partial charge on any atom is 0.410 e. The Morgan fingerprint density at radius 3 is 2.76 bits per heavy atom. The Morgan fingerprint density at radius 2 is 2.12 bits per heavy atom. The van der Waals surface area contributed by atoms with Crippen molar-refractivity contribution in [1.29, 1.82) is 0 Å². The van der Waals surface area contributed by atoms with Crippen LogP contribution in [0.5, 0.6) is 0 Å². The molecular formula is C17H24N4O4. The summed E-state index contributed by atoms with van der Waals surface area (Å²) in [5.41, 5.74) is -0.885. The first-order valence-corrected chi connectivity index (χ1v) is 8.35. The third kappa shape index (κ3) is 4.39. The van der Waals surface area contributed by atoms with E-state index < -0.39 is 5.60 Å². The van der Waals surface area contributed by atoms with E-state index in [-0.39, 0.29) is 23.8 Å². The molecule has 0 aromatic carbocycles. The third-order valence-electron chi connectivity index (χ3n) is 4.06. The van der Waals surface area contributed by atoms with E-state index in [1.54, 1.807) is 29.3 Å². The van der Waals surface area contributed by atoms with Crippen molar-refractivity contribution < 1.29 is 19.1 Å². The number of anilines is 1. The molecule has 136 valence electrons. The van der Waals surface area contributed by atoms with Crippen LogP contribution in [-0.2, 0) is 9.47 Å². The number of amides is 3. The van der Waals surface area contributed by atoms with Crippen LogP contribution >= 0.6 is 0 Å². The number of rotatable bonds is 2. The second-order valence-corrected chi connectivity index (χ2v) is 7.54. The number of nitrogens with zero attached hydrogens (tertiary/aromatic N) is 2. The van der Waals surface area contributed by atoms with Crippen molar-refractivity contribution in [2.24, 2.45) is 0 Å². The summed E-state index contributed by atoms with van der Waals surface area (Å²) in [5, 5.41) is 5.57. The summed E-state index contributed by atoms with van der Waals surface area (Å²) in [7, 11) is 0. The molecule has 2 saturated heterocycles. The van der Waals surface area contributed by atoms with Crippen LogP contribution in [0.25, 0.3) is 0 Å². The number of urea groups is 1. The summed E-state index contributed by atoms with van der Waals surface area (Å²) in [5.74, 6) is 0.494. The van der Waals surface area contributed by atoms with E-state index in [0.29, 0.717) is 31.9 Å². The van der Waals surface area contributed by atoms with Crippen molar-refractivity contribution in [2.45, 2.75) is 44.4 Å². The number of nitrogens with one attached hydrogen (secondary N) is 2. The Morgan fingerprint density at radius 1 is 1.36 bits per heavy atom. The molecule has 25 heavy (non-hydrogen) atoms. The van der Waals surface area contributed by atoms with Crippen LogP contribution in [0.2, 0.25) is 0 Å². The number of hydrogen-bond donors (Lipinski definition) is 2. The zero-order valence-electron chi connectivity index (χ0n) is 14.7. The molecule has 1 aromatic rings. The van der Waals surface area contributed by atoms with Gasteiger partial charge in [0.05, 0.1) is 25.7 Å². The zero-order chi connectivity index (χ0) is 18.1. The van der Waals surface area contributed by atoms with E-state index in [0.717, 1.165) is 0 Å². The predicted molar refractivity (Wildman–Crippen MR) is 91.3 cm³/mol. The molecule has 3 heterocycles. The van der Waals surface area contributed by atoms with Gasteiger partial charge in [-0.25, -0.2) is 14.6 Å². The van der Waals surface area contributed by atoms with Crippen LogP contribution in [0.4, 0.5) is 15.4 Å². The minimum absolute atomic E-state index is 0.0931. The first-order valence-electron chi connectivity index (χ1n) is 8.35. The first-order chi connectivity index (χ1) is 11.7. The largest absolute Gasteiger partial charge is 0.444 e. The molecule has 2 fully saturated rings. The van der Waals surface area contributed by atoms with Crippen molar-refractivity contribution in [1.82, 2.24) is 15.2 Å². The van der Waals surface area contributed by atoms with E-state index in [9.17, 15) is 9.59 Å². The smallest absolute Gasteiger partial charge is 0.410 e. The van der Waals surface area contributed by atoms with Gasteiger partial charge in [-0.15, -0.1) is 0 Å². The van der Waals surface area contributed by atoms with Gasteiger partial charge in [0, 0.05) is 12.6 Å². The fourth-order valence-electron chi connectivity index (χ4n) is 3.04. The molecule has 1 aromatic heterocycles. The third-order valence-corrected chi connectivity index (χ3v) is 4.06. The number of likely N-dealkylation sites (tertiary alicyclic amines) is 1. The number of aromatic nitrogens is 1. The van der Waals surface area contributed by atoms with Crippen LogP contribution in [0, 0.1) is 0 Å². The van der Waals surface area contributed by atoms with Gasteiger partial charge >= 0.3 is 12.1 Å². The van der Waals surface area contributed by atoms with Crippen molar-refractivity contribution in [3.63, 3.8) is 0 Å². The molecule has 0 saturated carbocycles. The molecular weight excluding hydrogens is 324 g/mol. The second-order valence-electron chi connectivity index (χ2n) is 7.54. The standard InChI is InChI=1S/C17H24N4O4/c1-16(2,3)25-15(23)21-10-17(11-21)8-12(9-24-17)19-14(22)20-13-6-4-5-7-18-13/h4-7,12H,8-11H2,1-3H3,(H2,18,19,20,22). The number of ether oxygens (including phenoxy) is 2. The molecule has 1 atom stereocenters. The highest BCUT2D eigenvalue weighted by Crippen LogP contribution is 2.35. The summed E-state index contributed by atoms with van der Waals surface area (Å²) in [4.78, 5) is 29.7. The van der Waals surface area contributed by atoms with E-state index in [4.69, 9.17) is 9.47 Å². The zero-order valence-corrected chi connectivity index (χ0v) is 14.7. The number of hydrogen-bond acceptors (Lipinski definition) is 5. The highest BCUT2D eigenvalue weighted by atomic mass is 16.6. The van der Waals surface area contributed by atoms with Crippen molar-refractivity contribution in [2.75, 3.05) is 25.0 Å². The summed E-state index contributed by atoms with van der Waals surface area (Å²) >= 11 is 0. The van der Waals surface area contributed by atoms with E-state index in [2.05, 4.69) is 15.6 Å². The number of carbonyl (C=O) groups excluding carboxylic acids is 2. The van der Waals surface area contributed by atoms with Crippen LogP contribution in [0.1, 0.15) is 27.2 Å². The number of pyridine rings is 1. The van der Waals surface area contributed by atoms with Crippen LogP contribution in [0.15, 0.2) is 24.4 Å². The van der Waals surface area contributed by atoms with Gasteiger partial charge in [-0.05, 0) is 32.9 Å². The summed E-state index contributed by atoms with van der Waals surface area (Å²) in [6.07, 6.45) is 1.95. The Kier molecular flexibility index (Phi) is 4.55. The molecule has 2 aliphatic heterocycles. The summed E-state index contributed by atoms with van der Waals surface area (Å²) in [6, 6.07) is 4.90. The summed E-state index contributed by atoms with van der Waals surface area (Å²) < 4.78 is 11.2. The quantitative estimate of drug-likeness (QED) is 0.852. The topological polar surface area (TPSA) is 92.8 Å². The molecule has 0 aliphatic carbocycles. The van der Waals surface area contributed by atoms with Crippen LogP contribution < -0.4 is 10.6 Å². The Hall–Kier alpha value is -2.35. The lowest BCUT2D eigenvalue weighted by atomic mass is 9.90. The maximum atomic E-state index is 12.0. The van der Waals surface area contributed by atoms with Crippen molar-refractivity contribution in [3.05, 3.63) is 24.4 Å².